The molecule has 0 spiro atoms. The molecule has 5 rings (SSSR count). The lowest BCUT2D eigenvalue weighted by Gasteiger charge is -2.30. The van der Waals surface area contributed by atoms with Gasteiger partial charge in [0.1, 0.15) is 5.82 Å². The van der Waals surface area contributed by atoms with Gasteiger partial charge in [-0.2, -0.15) is 20.1 Å². The molecule has 2 aliphatic rings. The summed E-state index contributed by atoms with van der Waals surface area (Å²) in [6.45, 7) is 7.37. The number of anilines is 3. The van der Waals surface area contributed by atoms with E-state index in [9.17, 15) is 9.18 Å². The fraction of sp³-hybridized carbons (Fsp3) is 0.370. The van der Waals surface area contributed by atoms with Crippen molar-refractivity contribution in [1.29, 1.82) is 0 Å². The van der Waals surface area contributed by atoms with E-state index in [1.54, 1.807) is 24.4 Å². The van der Waals surface area contributed by atoms with E-state index in [0.717, 1.165) is 0 Å². The standard InChI is InChI=1S/C27H30FN7O5/c1-2-39-23-17-19(3-8-22(23)40-24(36)20-4-6-21(28)7-5-20)18-29-33-25-30-26(34-9-13-37-14-10-34)32-27(31-25)35-11-15-38-16-12-35/h3-8,17-18H,2,9-16H2,1H3,(H,30,31,32,33). The third kappa shape index (κ3) is 6.98. The Balaban J connectivity index is 1.31. The van der Waals surface area contributed by atoms with Gasteiger partial charge in [0.15, 0.2) is 11.5 Å². The molecule has 3 heterocycles. The second kappa shape index (κ2) is 13.1. The number of halogens is 1. The van der Waals surface area contributed by atoms with Crippen LogP contribution in [0, 0.1) is 5.82 Å². The average molecular weight is 552 g/mol. The Hall–Kier alpha value is -4.36. The predicted molar refractivity (Wildman–Crippen MR) is 146 cm³/mol. The Kier molecular flexibility index (Phi) is 8.93. The number of hydrazone groups is 1. The molecule has 1 aromatic heterocycles. The first-order valence-electron chi connectivity index (χ1n) is 13.0. The van der Waals surface area contributed by atoms with Gasteiger partial charge in [-0.15, -0.1) is 0 Å². The van der Waals surface area contributed by atoms with Gasteiger partial charge in [-0.1, -0.05) is 0 Å². The number of carbonyl (C=O) groups is 1. The first-order chi connectivity index (χ1) is 19.6. The lowest BCUT2D eigenvalue weighted by atomic mass is 10.2. The Morgan fingerprint density at radius 1 is 0.950 bits per heavy atom. The van der Waals surface area contributed by atoms with Crippen LogP contribution in [0.1, 0.15) is 22.8 Å². The van der Waals surface area contributed by atoms with Gasteiger partial charge in [0.05, 0.1) is 44.8 Å². The Morgan fingerprint density at radius 2 is 1.57 bits per heavy atom. The van der Waals surface area contributed by atoms with Gasteiger partial charge in [0.25, 0.3) is 0 Å². The summed E-state index contributed by atoms with van der Waals surface area (Å²) >= 11 is 0. The molecular formula is C27H30FN7O5. The maximum absolute atomic E-state index is 13.2. The third-order valence-electron chi connectivity index (χ3n) is 6.13. The summed E-state index contributed by atoms with van der Waals surface area (Å²) in [5.74, 6) is 0.980. The highest BCUT2D eigenvalue weighted by Gasteiger charge is 2.21. The van der Waals surface area contributed by atoms with Crippen LogP contribution in [-0.4, -0.2) is 86.3 Å². The Labute approximate surface area is 230 Å². The molecule has 2 fully saturated rings. The molecule has 13 heteroatoms. The van der Waals surface area contributed by atoms with Crippen LogP contribution < -0.4 is 24.7 Å². The molecule has 0 radical (unpaired) electrons. The summed E-state index contributed by atoms with van der Waals surface area (Å²) in [5.41, 5.74) is 3.83. The smallest absolute Gasteiger partial charge is 0.343 e. The molecule has 0 unspecified atom stereocenters. The van der Waals surface area contributed by atoms with E-state index < -0.39 is 11.8 Å². The fourth-order valence-corrected chi connectivity index (χ4v) is 4.08. The maximum Gasteiger partial charge on any atom is 0.343 e. The van der Waals surface area contributed by atoms with Crippen LogP contribution in [0.5, 0.6) is 11.5 Å². The largest absolute Gasteiger partial charge is 0.490 e. The van der Waals surface area contributed by atoms with E-state index in [1.807, 2.05) is 6.92 Å². The highest BCUT2D eigenvalue weighted by Crippen LogP contribution is 2.29. The number of ether oxygens (including phenoxy) is 4. The van der Waals surface area contributed by atoms with Gasteiger partial charge in [-0.25, -0.2) is 14.6 Å². The minimum Gasteiger partial charge on any atom is -0.490 e. The summed E-state index contributed by atoms with van der Waals surface area (Å²) < 4.78 is 35.3. The fourth-order valence-electron chi connectivity index (χ4n) is 4.08. The van der Waals surface area contributed by atoms with E-state index in [1.165, 1.54) is 24.3 Å². The van der Waals surface area contributed by atoms with Crippen LogP contribution in [0.3, 0.4) is 0 Å². The zero-order valence-electron chi connectivity index (χ0n) is 22.1. The molecular weight excluding hydrogens is 521 g/mol. The van der Waals surface area contributed by atoms with E-state index in [0.29, 0.717) is 88.4 Å². The molecule has 12 nitrogen and oxygen atoms in total. The number of hydrogen-bond acceptors (Lipinski definition) is 12. The van der Waals surface area contributed by atoms with Crippen molar-refractivity contribution in [3.05, 3.63) is 59.4 Å². The minimum absolute atomic E-state index is 0.226. The van der Waals surface area contributed by atoms with Crippen LogP contribution >= 0.6 is 0 Å². The van der Waals surface area contributed by atoms with Gasteiger partial charge in [-0.05, 0) is 55.0 Å². The van der Waals surface area contributed by atoms with E-state index in [2.05, 4.69) is 35.3 Å². The van der Waals surface area contributed by atoms with Crippen molar-refractivity contribution >= 4 is 30.0 Å². The number of carbonyl (C=O) groups excluding carboxylic acids is 1. The molecule has 40 heavy (non-hydrogen) atoms. The summed E-state index contributed by atoms with van der Waals surface area (Å²) in [4.78, 5) is 30.5. The minimum atomic E-state index is -0.619. The molecule has 3 aromatic rings. The SMILES string of the molecule is CCOc1cc(C=NNc2nc(N3CCOCC3)nc(N3CCOCC3)n2)ccc1OC(=O)c1ccc(F)cc1. The average Bonchev–Trinajstić information content (AvgIpc) is 2.99. The van der Waals surface area contributed by atoms with Gasteiger partial charge in [0.2, 0.25) is 17.8 Å². The molecule has 210 valence electrons. The van der Waals surface area contributed by atoms with E-state index in [-0.39, 0.29) is 11.3 Å². The topological polar surface area (TPSA) is 124 Å². The van der Waals surface area contributed by atoms with Crippen molar-refractivity contribution < 1.29 is 28.1 Å². The number of nitrogens with one attached hydrogen (secondary N) is 1. The molecule has 0 amide bonds. The van der Waals surface area contributed by atoms with Crippen molar-refractivity contribution in [2.75, 3.05) is 74.4 Å². The van der Waals surface area contributed by atoms with Crippen molar-refractivity contribution in [3.63, 3.8) is 0 Å². The van der Waals surface area contributed by atoms with Crippen molar-refractivity contribution in [2.24, 2.45) is 5.10 Å². The third-order valence-corrected chi connectivity index (χ3v) is 6.13. The Morgan fingerprint density at radius 3 is 2.17 bits per heavy atom. The highest BCUT2D eigenvalue weighted by molar-refractivity contribution is 5.91. The lowest BCUT2D eigenvalue weighted by molar-refractivity contribution is 0.0728. The molecule has 2 aliphatic heterocycles. The molecule has 0 saturated carbocycles. The molecule has 0 bridgehead atoms. The summed E-state index contributed by atoms with van der Waals surface area (Å²) in [6, 6.07) is 10.2. The van der Waals surface area contributed by atoms with E-state index >= 15 is 0 Å². The van der Waals surface area contributed by atoms with Gasteiger partial charge in [0, 0.05) is 26.2 Å². The number of hydrogen-bond donors (Lipinski definition) is 1. The number of esters is 1. The number of rotatable bonds is 9. The van der Waals surface area contributed by atoms with Crippen LogP contribution in [0.15, 0.2) is 47.6 Å². The summed E-state index contributed by atoms with van der Waals surface area (Å²) in [7, 11) is 0. The van der Waals surface area contributed by atoms with Gasteiger partial charge in [-0.3, -0.25) is 0 Å². The number of nitrogens with zero attached hydrogens (tertiary/aromatic N) is 6. The molecule has 0 aliphatic carbocycles. The second-order valence-electron chi connectivity index (χ2n) is 8.86. The van der Waals surface area contributed by atoms with Crippen molar-refractivity contribution in [3.8, 4) is 11.5 Å². The molecule has 1 N–H and O–H groups in total. The zero-order chi connectivity index (χ0) is 27.7. The van der Waals surface area contributed by atoms with Crippen molar-refractivity contribution in [1.82, 2.24) is 15.0 Å². The normalized spacial score (nSPS) is 15.8. The number of aromatic nitrogens is 3. The summed E-state index contributed by atoms with van der Waals surface area (Å²) in [5, 5.41) is 4.32. The van der Waals surface area contributed by atoms with Crippen LogP contribution in [0.4, 0.5) is 22.2 Å². The molecule has 0 atom stereocenters. The van der Waals surface area contributed by atoms with Gasteiger partial charge < -0.3 is 28.7 Å². The second-order valence-corrected chi connectivity index (χ2v) is 8.86. The highest BCUT2D eigenvalue weighted by atomic mass is 19.1. The number of benzene rings is 2. The first-order valence-corrected chi connectivity index (χ1v) is 13.0. The Bertz CT molecular complexity index is 1290. The predicted octanol–water partition coefficient (Wildman–Crippen LogP) is 2.75. The zero-order valence-corrected chi connectivity index (χ0v) is 22.1. The van der Waals surface area contributed by atoms with Crippen molar-refractivity contribution in [2.45, 2.75) is 6.92 Å². The summed E-state index contributed by atoms with van der Waals surface area (Å²) in [6.07, 6.45) is 1.58. The van der Waals surface area contributed by atoms with Crippen LogP contribution in [0.2, 0.25) is 0 Å². The van der Waals surface area contributed by atoms with Crippen LogP contribution in [-0.2, 0) is 9.47 Å². The quantitative estimate of drug-likeness (QED) is 0.183. The monoisotopic (exact) mass is 551 g/mol. The maximum atomic E-state index is 13.2. The van der Waals surface area contributed by atoms with E-state index in [4.69, 9.17) is 18.9 Å². The van der Waals surface area contributed by atoms with Gasteiger partial charge >= 0.3 is 5.97 Å². The molecule has 2 aromatic carbocycles. The van der Waals surface area contributed by atoms with Crippen LogP contribution in [0.25, 0.3) is 0 Å². The lowest BCUT2D eigenvalue weighted by Crippen LogP contribution is -2.40. The molecule has 2 saturated heterocycles. The first kappa shape index (κ1) is 27.2. The number of morpholine rings is 2.